The van der Waals surface area contributed by atoms with Crippen LogP contribution in [0.2, 0.25) is 5.02 Å². The molecule has 0 aliphatic heterocycles. The van der Waals surface area contributed by atoms with Crippen LogP contribution in [0.15, 0.2) is 52.4 Å². The number of para-hydroxylation sites is 1. The van der Waals surface area contributed by atoms with Crippen LogP contribution in [0.4, 0.5) is 0 Å². The third-order valence-corrected chi connectivity index (χ3v) is 5.28. The molecule has 0 fully saturated rings. The van der Waals surface area contributed by atoms with E-state index in [4.69, 9.17) is 11.6 Å². The molecule has 1 heterocycles. The van der Waals surface area contributed by atoms with Crippen LogP contribution in [0, 0.1) is 6.92 Å². The summed E-state index contributed by atoms with van der Waals surface area (Å²) in [7, 11) is 0. The van der Waals surface area contributed by atoms with Crippen molar-refractivity contribution in [2.75, 3.05) is 12.3 Å². The van der Waals surface area contributed by atoms with Gasteiger partial charge < -0.3 is 5.32 Å². The predicted molar refractivity (Wildman–Crippen MR) is 106 cm³/mol. The third kappa shape index (κ3) is 3.76. The normalized spacial score (nSPS) is 10.9. The fourth-order valence-electron chi connectivity index (χ4n) is 2.63. The number of aromatic nitrogens is 2. The van der Waals surface area contributed by atoms with E-state index in [1.54, 1.807) is 16.7 Å². The average molecular weight is 388 g/mol. The van der Waals surface area contributed by atoms with Gasteiger partial charge in [-0.2, -0.15) is 0 Å². The molecule has 0 aliphatic rings. The minimum atomic E-state index is -0.136. The van der Waals surface area contributed by atoms with E-state index in [2.05, 4.69) is 10.3 Å². The molecule has 5 nitrogen and oxygen atoms in total. The summed E-state index contributed by atoms with van der Waals surface area (Å²) in [6.07, 6.45) is 0. The molecule has 7 heteroatoms. The number of hydrogen-bond acceptors (Lipinski definition) is 4. The first kappa shape index (κ1) is 18.5. The lowest BCUT2D eigenvalue weighted by Crippen LogP contribution is -2.25. The predicted octanol–water partition coefficient (Wildman–Crippen LogP) is 3.58. The van der Waals surface area contributed by atoms with E-state index in [1.165, 1.54) is 18.7 Å². The molecule has 3 rings (SSSR count). The number of nitrogens with one attached hydrogen (secondary N) is 1. The van der Waals surface area contributed by atoms with E-state index in [1.807, 2.05) is 37.3 Å². The Balaban J connectivity index is 2.13. The second-order valence-corrected chi connectivity index (χ2v) is 7.24. The maximum atomic E-state index is 13.2. The van der Waals surface area contributed by atoms with Gasteiger partial charge in [0.1, 0.15) is 0 Å². The summed E-state index contributed by atoms with van der Waals surface area (Å²) in [5.41, 5.74) is 2.04. The summed E-state index contributed by atoms with van der Waals surface area (Å²) in [5, 5.41) is 4.47. The highest BCUT2D eigenvalue weighted by molar-refractivity contribution is 7.99. The SMILES string of the molecule is CC(=O)NCCSc1nc2ccccc2c(=O)n1-c1cccc(Cl)c1C. The number of rotatable bonds is 5. The summed E-state index contributed by atoms with van der Waals surface area (Å²) in [6, 6.07) is 12.7. The summed E-state index contributed by atoms with van der Waals surface area (Å²) in [4.78, 5) is 28.9. The highest BCUT2D eigenvalue weighted by Gasteiger charge is 2.15. The van der Waals surface area contributed by atoms with E-state index >= 15 is 0 Å². The van der Waals surface area contributed by atoms with Gasteiger partial charge in [0.15, 0.2) is 5.16 Å². The Morgan fingerprint density at radius 2 is 2.00 bits per heavy atom. The maximum Gasteiger partial charge on any atom is 0.266 e. The monoisotopic (exact) mass is 387 g/mol. The molecular formula is C19H18ClN3O2S. The average Bonchev–Trinajstić information content (AvgIpc) is 2.62. The lowest BCUT2D eigenvalue weighted by molar-refractivity contribution is -0.118. The lowest BCUT2D eigenvalue weighted by atomic mass is 10.2. The van der Waals surface area contributed by atoms with Crippen LogP contribution < -0.4 is 10.9 Å². The van der Waals surface area contributed by atoms with E-state index < -0.39 is 0 Å². The third-order valence-electron chi connectivity index (χ3n) is 3.93. The molecule has 0 radical (unpaired) electrons. The molecule has 0 saturated carbocycles. The first-order chi connectivity index (χ1) is 12.5. The van der Waals surface area contributed by atoms with Crippen molar-refractivity contribution >= 4 is 40.2 Å². The lowest BCUT2D eigenvalue weighted by Gasteiger charge is -2.15. The fraction of sp³-hybridized carbons (Fsp3) is 0.211. The zero-order valence-corrected chi connectivity index (χ0v) is 16.0. The number of halogens is 1. The summed E-state index contributed by atoms with van der Waals surface area (Å²) < 4.78 is 1.60. The van der Waals surface area contributed by atoms with Crippen LogP contribution in [0.3, 0.4) is 0 Å². The first-order valence-corrected chi connectivity index (χ1v) is 9.50. The molecule has 0 unspecified atom stereocenters. The molecule has 1 N–H and O–H groups in total. The topological polar surface area (TPSA) is 64.0 Å². The van der Waals surface area contributed by atoms with Gasteiger partial charge in [0.25, 0.3) is 5.56 Å². The van der Waals surface area contributed by atoms with Gasteiger partial charge in [0.05, 0.1) is 16.6 Å². The standard InChI is InChI=1S/C19H18ClN3O2S/c1-12-15(20)7-5-9-17(12)23-18(25)14-6-3-4-8-16(14)22-19(23)26-11-10-21-13(2)24/h3-9H,10-11H2,1-2H3,(H,21,24). The molecule has 0 aliphatic carbocycles. The molecule has 26 heavy (non-hydrogen) atoms. The quantitative estimate of drug-likeness (QED) is 0.413. The van der Waals surface area contributed by atoms with Crippen molar-refractivity contribution in [3.05, 3.63) is 63.4 Å². The van der Waals surface area contributed by atoms with E-state index in [0.717, 1.165) is 5.56 Å². The number of nitrogens with zero attached hydrogens (tertiary/aromatic N) is 2. The Kier molecular flexibility index (Phi) is 5.64. The van der Waals surface area contributed by atoms with Gasteiger partial charge in [-0.25, -0.2) is 4.98 Å². The number of carbonyl (C=O) groups excluding carboxylic acids is 1. The van der Waals surface area contributed by atoms with Gasteiger partial charge in [0.2, 0.25) is 5.91 Å². The Morgan fingerprint density at radius 1 is 1.23 bits per heavy atom. The van der Waals surface area contributed by atoms with Gasteiger partial charge in [-0.1, -0.05) is 41.6 Å². The highest BCUT2D eigenvalue weighted by Crippen LogP contribution is 2.26. The second-order valence-electron chi connectivity index (χ2n) is 5.77. The van der Waals surface area contributed by atoms with Crippen LogP contribution >= 0.6 is 23.4 Å². The zero-order chi connectivity index (χ0) is 18.7. The zero-order valence-electron chi connectivity index (χ0n) is 14.5. The summed E-state index contributed by atoms with van der Waals surface area (Å²) in [5.74, 6) is 0.518. The first-order valence-electron chi connectivity index (χ1n) is 8.13. The van der Waals surface area contributed by atoms with E-state index in [-0.39, 0.29) is 11.5 Å². The fourth-order valence-corrected chi connectivity index (χ4v) is 3.66. The van der Waals surface area contributed by atoms with E-state index in [0.29, 0.717) is 39.1 Å². The van der Waals surface area contributed by atoms with Gasteiger partial charge in [-0.15, -0.1) is 0 Å². The Hall–Kier alpha value is -2.31. The van der Waals surface area contributed by atoms with Crippen LogP contribution in [0.25, 0.3) is 16.6 Å². The van der Waals surface area contributed by atoms with Crippen molar-refractivity contribution in [1.29, 1.82) is 0 Å². The Morgan fingerprint density at radius 3 is 2.77 bits per heavy atom. The number of amides is 1. The molecule has 1 aromatic heterocycles. The summed E-state index contributed by atoms with van der Waals surface area (Å²) >= 11 is 7.68. The van der Waals surface area contributed by atoms with Gasteiger partial charge >= 0.3 is 0 Å². The molecule has 0 bridgehead atoms. The molecule has 0 atom stereocenters. The van der Waals surface area contributed by atoms with Gasteiger partial charge in [-0.3, -0.25) is 14.2 Å². The van der Waals surface area contributed by atoms with Crippen molar-refractivity contribution in [3.8, 4) is 5.69 Å². The largest absolute Gasteiger partial charge is 0.356 e. The van der Waals surface area contributed by atoms with Gasteiger partial charge in [-0.05, 0) is 36.8 Å². The molecule has 3 aromatic rings. The number of thioether (sulfide) groups is 1. The van der Waals surface area contributed by atoms with Crippen molar-refractivity contribution in [3.63, 3.8) is 0 Å². The Bertz CT molecular complexity index is 1030. The minimum Gasteiger partial charge on any atom is -0.356 e. The van der Waals surface area contributed by atoms with Crippen molar-refractivity contribution in [1.82, 2.24) is 14.9 Å². The number of carbonyl (C=O) groups is 1. The molecule has 1 amide bonds. The number of benzene rings is 2. The van der Waals surface area contributed by atoms with Crippen molar-refractivity contribution < 1.29 is 4.79 Å². The summed E-state index contributed by atoms with van der Waals surface area (Å²) in [6.45, 7) is 3.85. The molecule has 134 valence electrons. The molecular weight excluding hydrogens is 370 g/mol. The number of hydrogen-bond donors (Lipinski definition) is 1. The van der Waals surface area contributed by atoms with Crippen LogP contribution in [-0.4, -0.2) is 27.8 Å². The maximum absolute atomic E-state index is 13.2. The van der Waals surface area contributed by atoms with Crippen molar-refractivity contribution in [2.45, 2.75) is 19.0 Å². The van der Waals surface area contributed by atoms with Crippen LogP contribution in [-0.2, 0) is 4.79 Å². The molecule has 0 saturated heterocycles. The molecule has 2 aromatic carbocycles. The van der Waals surface area contributed by atoms with Crippen LogP contribution in [0.5, 0.6) is 0 Å². The Labute approximate surface area is 160 Å². The van der Waals surface area contributed by atoms with Crippen molar-refractivity contribution in [2.24, 2.45) is 0 Å². The molecule has 0 spiro atoms. The minimum absolute atomic E-state index is 0.0832. The highest BCUT2D eigenvalue weighted by atomic mass is 35.5. The smallest absolute Gasteiger partial charge is 0.266 e. The second kappa shape index (κ2) is 7.93. The van der Waals surface area contributed by atoms with E-state index in [9.17, 15) is 9.59 Å². The van der Waals surface area contributed by atoms with Gasteiger partial charge in [0, 0.05) is 24.2 Å². The number of fused-ring (bicyclic) bond motifs is 1. The van der Waals surface area contributed by atoms with Crippen LogP contribution in [0.1, 0.15) is 12.5 Å².